The minimum atomic E-state index is 0.793. The normalized spacial score (nSPS) is 11.1. The van der Waals surface area contributed by atoms with Gasteiger partial charge in [-0.05, 0) is 18.1 Å². The van der Waals surface area contributed by atoms with Crippen molar-refractivity contribution in [1.82, 2.24) is 9.97 Å². The molecule has 0 fully saturated rings. The van der Waals surface area contributed by atoms with E-state index in [4.69, 9.17) is 0 Å². The topological polar surface area (TPSA) is 25.8 Å². The van der Waals surface area contributed by atoms with E-state index in [2.05, 4.69) is 23.1 Å². The Hall–Kier alpha value is -1.70. The van der Waals surface area contributed by atoms with E-state index in [0.29, 0.717) is 0 Å². The SMILES string of the molecule is C=C/C=C(\C=C)Cc1cnc(C)nc1. The standard InChI is InChI=1S/C12H14N2/c1-4-6-11(5-2)7-12-8-13-10(3)14-9-12/h4-6,8-9H,1-2,7H2,3H3/b11-6+. The van der Waals surface area contributed by atoms with Gasteiger partial charge in [-0.3, -0.25) is 0 Å². The molecule has 0 amide bonds. The molecule has 0 atom stereocenters. The number of hydrogen-bond acceptors (Lipinski definition) is 2. The molecule has 2 nitrogen and oxygen atoms in total. The molecule has 0 radical (unpaired) electrons. The third-order valence-electron chi connectivity index (χ3n) is 1.84. The number of rotatable bonds is 4. The summed E-state index contributed by atoms with van der Waals surface area (Å²) in [5, 5.41) is 0. The lowest BCUT2D eigenvalue weighted by molar-refractivity contribution is 1.00. The lowest BCUT2D eigenvalue weighted by atomic mass is 10.1. The average molecular weight is 186 g/mol. The number of aryl methyl sites for hydroxylation is 1. The van der Waals surface area contributed by atoms with Crippen LogP contribution in [-0.2, 0) is 6.42 Å². The highest BCUT2D eigenvalue weighted by Crippen LogP contribution is 2.07. The molecule has 0 aromatic carbocycles. The maximum atomic E-state index is 4.13. The van der Waals surface area contributed by atoms with Crippen molar-refractivity contribution in [1.29, 1.82) is 0 Å². The van der Waals surface area contributed by atoms with Gasteiger partial charge in [0.05, 0.1) is 0 Å². The minimum absolute atomic E-state index is 0.793. The Morgan fingerprint density at radius 1 is 1.36 bits per heavy atom. The predicted molar refractivity (Wildman–Crippen MR) is 59.0 cm³/mol. The van der Waals surface area contributed by atoms with Crippen molar-refractivity contribution in [2.45, 2.75) is 13.3 Å². The van der Waals surface area contributed by atoms with Crippen LogP contribution >= 0.6 is 0 Å². The smallest absolute Gasteiger partial charge is 0.125 e. The Bertz CT molecular complexity index is 347. The molecule has 1 aromatic rings. The van der Waals surface area contributed by atoms with E-state index in [1.807, 2.05) is 31.5 Å². The van der Waals surface area contributed by atoms with Crippen LogP contribution in [0.25, 0.3) is 0 Å². The third kappa shape index (κ3) is 2.98. The van der Waals surface area contributed by atoms with E-state index in [9.17, 15) is 0 Å². The summed E-state index contributed by atoms with van der Waals surface area (Å²) < 4.78 is 0. The van der Waals surface area contributed by atoms with Crippen LogP contribution in [0.2, 0.25) is 0 Å². The monoisotopic (exact) mass is 186 g/mol. The summed E-state index contributed by atoms with van der Waals surface area (Å²) in [5.74, 6) is 0.793. The largest absolute Gasteiger partial charge is 0.241 e. The van der Waals surface area contributed by atoms with Crippen molar-refractivity contribution < 1.29 is 0 Å². The van der Waals surface area contributed by atoms with Crippen LogP contribution in [0.5, 0.6) is 0 Å². The first-order valence-electron chi connectivity index (χ1n) is 4.48. The van der Waals surface area contributed by atoms with Gasteiger partial charge in [-0.25, -0.2) is 9.97 Å². The zero-order valence-electron chi connectivity index (χ0n) is 8.40. The molecule has 0 aliphatic heterocycles. The van der Waals surface area contributed by atoms with Crippen molar-refractivity contribution in [3.8, 4) is 0 Å². The van der Waals surface area contributed by atoms with Crippen LogP contribution in [0.15, 0.2) is 49.4 Å². The number of hydrogen-bond donors (Lipinski definition) is 0. The van der Waals surface area contributed by atoms with Crippen LogP contribution in [-0.4, -0.2) is 9.97 Å². The summed E-state index contributed by atoms with van der Waals surface area (Å²) in [6, 6.07) is 0. The van der Waals surface area contributed by atoms with E-state index >= 15 is 0 Å². The highest BCUT2D eigenvalue weighted by molar-refractivity contribution is 5.27. The lowest BCUT2D eigenvalue weighted by Gasteiger charge is -2.00. The molecule has 1 aromatic heterocycles. The summed E-state index contributed by atoms with van der Waals surface area (Å²) in [6.45, 7) is 9.26. The Balaban J connectivity index is 2.77. The van der Waals surface area contributed by atoms with Gasteiger partial charge >= 0.3 is 0 Å². The summed E-state index contributed by atoms with van der Waals surface area (Å²) in [6.07, 6.45) is 9.99. The molecule has 1 rings (SSSR count). The minimum Gasteiger partial charge on any atom is -0.241 e. The van der Waals surface area contributed by atoms with Gasteiger partial charge in [0.25, 0.3) is 0 Å². The fourth-order valence-corrected chi connectivity index (χ4v) is 1.10. The lowest BCUT2D eigenvalue weighted by Crippen LogP contribution is -1.93. The first kappa shape index (κ1) is 10.4. The summed E-state index contributed by atoms with van der Waals surface area (Å²) in [5.41, 5.74) is 2.20. The van der Waals surface area contributed by atoms with Gasteiger partial charge in [0.15, 0.2) is 0 Å². The van der Waals surface area contributed by atoms with Crippen LogP contribution in [0.4, 0.5) is 0 Å². The Morgan fingerprint density at radius 3 is 2.50 bits per heavy atom. The zero-order chi connectivity index (χ0) is 10.4. The van der Waals surface area contributed by atoms with Gasteiger partial charge in [0.2, 0.25) is 0 Å². The quantitative estimate of drug-likeness (QED) is 0.675. The van der Waals surface area contributed by atoms with Crippen molar-refractivity contribution in [3.63, 3.8) is 0 Å². The first-order valence-corrected chi connectivity index (χ1v) is 4.48. The van der Waals surface area contributed by atoms with Gasteiger partial charge in [0.1, 0.15) is 5.82 Å². The molecule has 0 aliphatic rings. The van der Waals surface area contributed by atoms with Crippen molar-refractivity contribution in [3.05, 3.63) is 60.7 Å². The molecule has 0 spiro atoms. The number of aromatic nitrogens is 2. The first-order chi connectivity index (χ1) is 6.76. The van der Waals surface area contributed by atoms with Gasteiger partial charge in [-0.1, -0.05) is 31.4 Å². The molecule has 2 heteroatoms. The van der Waals surface area contributed by atoms with E-state index in [-0.39, 0.29) is 0 Å². The number of allylic oxidation sites excluding steroid dienone is 4. The summed E-state index contributed by atoms with van der Waals surface area (Å²) in [7, 11) is 0. The van der Waals surface area contributed by atoms with Gasteiger partial charge in [0, 0.05) is 18.8 Å². The van der Waals surface area contributed by atoms with E-state index in [1.54, 1.807) is 6.08 Å². The van der Waals surface area contributed by atoms with Crippen LogP contribution in [0.1, 0.15) is 11.4 Å². The van der Waals surface area contributed by atoms with Gasteiger partial charge in [-0.2, -0.15) is 0 Å². The molecule has 14 heavy (non-hydrogen) atoms. The van der Waals surface area contributed by atoms with Crippen LogP contribution in [0, 0.1) is 6.92 Å². The van der Waals surface area contributed by atoms with Crippen LogP contribution in [0.3, 0.4) is 0 Å². The molecular formula is C12H14N2. The molecule has 0 bridgehead atoms. The maximum absolute atomic E-state index is 4.13. The molecule has 0 unspecified atom stereocenters. The average Bonchev–Trinajstić information content (AvgIpc) is 2.20. The fraction of sp³-hybridized carbons (Fsp3) is 0.167. The maximum Gasteiger partial charge on any atom is 0.125 e. The van der Waals surface area contributed by atoms with Crippen molar-refractivity contribution in [2.24, 2.45) is 0 Å². The predicted octanol–water partition coefficient (Wildman–Crippen LogP) is 2.63. The molecular weight excluding hydrogens is 172 g/mol. The van der Waals surface area contributed by atoms with Crippen molar-refractivity contribution in [2.75, 3.05) is 0 Å². The Morgan fingerprint density at radius 2 is 2.00 bits per heavy atom. The summed E-state index contributed by atoms with van der Waals surface area (Å²) >= 11 is 0. The van der Waals surface area contributed by atoms with E-state index < -0.39 is 0 Å². The van der Waals surface area contributed by atoms with Gasteiger partial charge < -0.3 is 0 Å². The van der Waals surface area contributed by atoms with Gasteiger partial charge in [-0.15, -0.1) is 0 Å². The second-order valence-corrected chi connectivity index (χ2v) is 3.00. The molecule has 0 N–H and O–H groups in total. The fourth-order valence-electron chi connectivity index (χ4n) is 1.10. The number of nitrogens with zero attached hydrogens (tertiary/aromatic N) is 2. The molecule has 72 valence electrons. The third-order valence-corrected chi connectivity index (χ3v) is 1.84. The second kappa shape index (κ2) is 5.12. The van der Waals surface area contributed by atoms with E-state index in [0.717, 1.165) is 23.4 Å². The molecule has 1 heterocycles. The van der Waals surface area contributed by atoms with Crippen molar-refractivity contribution >= 4 is 0 Å². The molecule has 0 aliphatic carbocycles. The van der Waals surface area contributed by atoms with Crippen LogP contribution < -0.4 is 0 Å². The summed E-state index contributed by atoms with van der Waals surface area (Å²) in [4.78, 5) is 8.26. The molecule has 0 saturated heterocycles. The Kier molecular flexibility index (Phi) is 3.80. The Labute approximate surface area is 84.7 Å². The van der Waals surface area contributed by atoms with E-state index in [1.165, 1.54) is 0 Å². The zero-order valence-corrected chi connectivity index (χ0v) is 8.40. The highest BCUT2D eigenvalue weighted by Gasteiger charge is 1.96. The second-order valence-electron chi connectivity index (χ2n) is 3.00. The highest BCUT2D eigenvalue weighted by atomic mass is 14.8. The molecule has 0 saturated carbocycles.